The highest BCUT2D eigenvalue weighted by Gasteiger charge is 2.56. The van der Waals surface area contributed by atoms with E-state index in [0.717, 1.165) is 16.8 Å². The van der Waals surface area contributed by atoms with Gasteiger partial charge in [0.05, 0.1) is 13.1 Å². The highest BCUT2D eigenvalue weighted by Crippen LogP contribution is 2.31. The molecule has 1 aromatic carbocycles. The first-order valence-electron chi connectivity index (χ1n) is 9.56. The maximum atomic E-state index is 13.2. The van der Waals surface area contributed by atoms with Crippen molar-refractivity contribution >= 4 is 29.3 Å². The van der Waals surface area contributed by atoms with Gasteiger partial charge in [-0.05, 0) is 31.5 Å². The predicted molar refractivity (Wildman–Crippen MR) is 111 cm³/mol. The minimum Gasteiger partial charge on any atom is -0.310 e. The van der Waals surface area contributed by atoms with E-state index in [4.69, 9.17) is 16.7 Å². The van der Waals surface area contributed by atoms with Crippen molar-refractivity contribution in [2.24, 2.45) is 5.10 Å². The van der Waals surface area contributed by atoms with Gasteiger partial charge in [-0.15, -0.1) is 0 Å². The largest absolute Gasteiger partial charge is 0.328 e. The summed E-state index contributed by atoms with van der Waals surface area (Å²) in [5, 5.41) is 10.8. The molecule has 3 aliphatic rings. The van der Waals surface area contributed by atoms with Gasteiger partial charge >= 0.3 is 6.03 Å². The number of likely N-dealkylation sites (N-methyl/N-ethyl adjacent to an activating group) is 1. The van der Waals surface area contributed by atoms with Gasteiger partial charge in [-0.25, -0.2) is 9.69 Å². The number of amides is 3. The third kappa shape index (κ3) is 3.52. The van der Waals surface area contributed by atoms with E-state index < -0.39 is 12.2 Å². The minimum atomic E-state index is -0.472. The summed E-state index contributed by atoms with van der Waals surface area (Å²) in [5.41, 5.74) is 2.74. The van der Waals surface area contributed by atoms with E-state index >= 15 is 0 Å². The number of benzene rings is 1. The van der Waals surface area contributed by atoms with Crippen LogP contribution in [0.5, 0.6) is 0 Å². The van der Waals surface area contributed by atoms with Crippen molar-refractivity contribution in [3.63, 3.8) is 0 Å². The van der Waals surface area contributed by atoms with Gasteiger partial charge in [0, 0.05) is 24.3 Å². The summed E-state index contributed by atoms with van der Waals surface area (Å²) in [4.78, 5) is 31.0. The molecular formula is C20H25ClN6O2. The van der Waals surface area contributed by atoms with Gasteiger partial charge < -0.3 is 4.90 Å². The van der Waals surface area contributed by atoms with Crippen LogP contribution in [0.1, 0.15) is 19.4 Å². The Morgan fingerprint density at radius 1 is 1.31 bits per heavy atom. The fourth-order valence-corrected chi connectivity index (χ4v) is 4.29. The van der Waals surface area contributed by atoms with Crippen LogP contribution < -0.4 is 5.32 Å². The van der Waals surface area contributed by atoms with Crippen molar-refractivity contribution in [1.29, 1.82) is 0 Å². The van der Waals surface area contributed by atoms with Crippen LogP contribution in [0.4, 0.5) is 4.79 Å². The number of hydrogen-bond donors (Lipinski definition) is 1. The van der Waals surface area contributed by atoms with Crippen LogP contribution in [0.25, 0.3) is 0 Å². The average molecular weight is 417 g/mol. The molecule has 0 spiro atoms. The van der Waals surface area contributed by atoms with E-state index in [1.54, 1.807) is 11.9 Å². The molecule has 0 aliphatic carbocycles. The molecule has 8 nitrogen and oxygen atoms in total. The Labute approximate surface area is 175 Å². The van der Waals surface area contributed by atoms with Crippen LogP contribution in [0, 0.1) is 0 Å². The number of halogens is 1. The predicted octanol–water partition coefficient (Wildman–Crippen LogP) is 1.89. The first-order valence-corrected chi connectivity index (χ1v) is 9.93. The van der Waals surface area contributed by atoms with Crippen LogP contribution >= 0.6 is 11.6 Å². The fourth-order valence-electron chi connectivity index (χ4n) is 4.16. The zero-order valence-electron chi connectivity index (χ0n) is 16.8. The maximum Gasteiger partial charge on any atom is 0.328 e. The number of fused-ring (bicyclic) bond motifs is 3. The first kappa shape index (κ1) is 19.9. The zero-order chi connectivity index (χ0) is 20.9. The number of carbonyl (C=O) groups excluding carboxylic acids is 2. The van der Waals surface area contributed by atoms with Crippen molar-refractivity contribution in [3.8, 4) is 0 Å². The molecule has 3 aliphatic heterocycles. The Bertz CT molecular complexity index is 885. The van der Waals surface area contributed by atoms with Crippen LogP contribution in [0.3, 0.4) is 0 Å². The monoisotopic (exact) mass is 416 g/mol. The third-order valence-corrected chi connectivity index (χ3v) is 5.69. The molecular weight excluding hydrogens is 392 g/mol. The van der Waals surface area contributed by atoms with Gasteiger partial charge in [0.25, 0.3) is 5.91 Å². The lowest BCUT2D eigenvalue weighted by atomic mass is 10.1. The molecule has 0 radical (unpaired) electrons. The Kier molecular flexibility index (Phi) is 5.10. The van der Waals surface area contributed by atoms with Crippen molar-refractivity contribution in [1.82, 2.24) is 25.0 Å². The number of hydrogen-bond acceptors (Lipinski definition) is 6. The lowest BCUT2D eigenvalue weighted by Crippen LogP contribution is -2.66. The second-order valence-electron chi connectivity index (χ2n) is 7.94. The topological polar surface area (TPSA) is 71.5 Å². The molecule has 9 heteroatoms. The van der Waals surface area contributed by atoms with E-state index in [0.29, 0.717) is 18.1 Å². The van der Waals surface area contributed by atoms with Gasteiger partial charge in [-0.3, -0.25) is 20.0 Å². The standard InChI is InChI=1S/C20H25ClN6O2/c1-12(2)9-26-18(28)16-17(24(4)20(26)29)22-19-25(16)10-13(3)23-27(19)11-14-5-7-15(21)8-6-14/h5-8,16-17,19,22H,1,9-11H2,2-4H3. The normalized spacial score (nSPS) is 27.1. The number of nitrogens with one attached hydrogen (secondary N) is 1. The lowest BCUT2D eigenvalue weighted by Gasteiger charge is -2.42. The van der Waals surface area contributed by atoms with Crippen LogP contribution in [-0.4, -0.2) is 76.0 Å². The van der Waals surface area contributed by atoms with Gasteiger partial charge in [-0.1, -0.05) is 35.9 Å². The van der Waals surface area contributed by atoms with Crippen molar-refractivity contribution in [2.75, 3.05) is 20.1 Å². The second kappa shape index (κ2) is 7.44. The number of hydrazone groups is 1. The number of carbonyl (C=O) groups is 2. The number of urea groups is 1. The quantitative estimate of drug-likeness (QED) is 0.759. The highest BCUT2D eigenvalue weighted by atomic mass is 35.5. The summed E-state index contributed by atoms with van der Waals surface area (Å²) >= 11 is 6.00. The number of rotatable bonds is 4. The van der Waals surface area contributed by atoms with Crippen LogP contribution in [0.15, 0.2) is 41.5 Å². The van der Waals surface area contributed by atoms with Gasteiger partial charge in [0.1, 0.15) is 12.2 Å². The molecule has 0 aromatic heterocycles. The fraction of sp³-hybridized carbons (Fsp3) is 0.450. The Hall–Kier alpha value is -2.42. The summed E-state index contributed by atoms with van der Waals surface area (Å²) in [5.74, 6) is -0.197. The maximum absolute atomic E-state index is 13.2. The molecule has 1 N–H and O–H groups in total. The molecule has 1 aromatic rings. The summed E-state index contributed by atoms with van der Waals surface area (Å²) in [7, 11) is 1.72. The molecule has 0 saturated carbocycles. The Morgan fingerprint density at radius 2 is 2.00 bits per heavy atom. The van der Waals surface area contributed by atoms with Gasteiger partial charge in [-0.2, -0.15) is 5.10 Å². The Morgan fingerprint density at radius 3 is 2.66 bits per heavy atom. The average Bonchev–Trinajstić information content (AvgIpc) is 3.05. The molecule has 4 rings (SSSR count). The molecule has 3 atom stereocenters. The van der Waals surface area contributed by atoms with E-state index in [-0.39, 0.29) is 24.8 Å². The lowest BCUT2D eigenvalue weighted by molar-refractivity contribution is -0.138. The van der Waals surface area contributed by atoms with E-state index in [1.165, 1.54) is 4.90 Å². The van der Waals surface area contributed by atoms with Gasteiger partial charge in [0.2, 0.25) is 0 Å². The Balaban J connectivity index is 1.62. The molecule has 29 heavy (non-hydrogen) atoms. The van der Waals surface area contributed by atoms with E-state index in [2.05, 4.69) is 16.8 Å². The first-order chi connectivity index (χ1) is 13.8. The SMILES string of the molecule is C=C(C)CN1C(=O)C2C(NC3N(Cc4ccc(Cl)cc4)N=C(C)CN23)N(C)C1=O. The van der Waals surface area contributed by atoms with Gasteiger partial charge in [0.15, 0.2) is 6.29 Å². The molecule has 154 valence electrons. The van der Waals surface area contributed by atoms with E-state index in [9.17, 15) is 9.59 Å². The number of imide groups is 1. The number of nitrogens with zero attached hydrogens (tertiary/aromatic N) is 5. The summed E-state index contributed by atoms with van der Waals surface area (Å²) in [6, 6.07) is 6.84. The van der Waals surface area contributed by atoms with Crippen molar-refractivity contribution in [3.05, 3.63) is 47.0 Å². The molecule has 0 bridgehead atoms. The van der Waals surface area contributed by atoms with Crippen LogP contribution in [0.2, 0.25) is 5.02 Å². The minimum absolute atomic E-state index is 0.197. The summed E-state index contributed by atoms with van der Waals surface area (Å²) in [6.07, 6.45) is -0.691. The molecule has 3 unspecified atom stereocenters. The summed E-state index contributed by atoms with van der Waals surface area (Å²) < 4.78 is 0. The van der Waals surface area contributed by atoms with Crippen molar-refractivity contribution < 1.29 is 9.59 Å². The highest BCUT2D eigenvalue weighted by molar-refractivity contribution is 6.30. The smallest absolute Gasteiger partial charge is 0.310 e. The zero-order valence-corrected chi connectivity index (χ0v) is 17.6. The molecule has 3 amide bonds. The molecule has 2 saturated heterocycles. The molecule has 2 fully saturated rings. The van der Waals surface area contributed by atoms with Crippen molar-refractivity contribution in [2.45, 2.75) is 38.9 Å². The summed E-state index contributed by atoms with van der Waals surface area (Å²) in [6.45, 7) is 8.97. The van der Waals surface area contributed by atoms with E-state index in [1.807, 2.05) is 43.1 Å². The third-order valence-electron chi connectivity index (χ3n) is 5.44. The molecule has 3 heterocycles. The second-order valence-corrected chi connectivity index (χ2v) is 8.37. The van der Waals surface area contributed by atoms with Crippen LogP contribution in [-0.2, 0) is 11.3 Å².